The number of nitriles is 1. The average Bonchev–Trinajstić information content (AvgIpc) is 2.64. The number of allylic oxidation sites excluding steroid dienone is 1. The molecule has 4 heteroatoms. The number of ether oxygens (including phenoxy) is 2. The van der Waals surface area contributed by atoms with Crippen molar-refractivity contribution in [3.05, 3.63) is 65.2 Å². The molecule has 0 unspecified atom stereocenters. The highest BCUT2D eigenvalue weighted by atomic mass is 16.5. The van der Waals surface area contributed by atoms with E-state index >= 15 is 0 Å². The third-order valence-corrected chi connectivity index (χ3v) is 3.36. The molecule has 0 saturated carbocycles. The predicted molar refractivity (Wildman–Crippen MR) is 93.1 cm³/mol. The summed E-state index contributed by atoms with van der Waals surface area (Å²) in [6.45, 7) is 2.70. The molecule has 122 valence electrons. The van der Waals surface area contributed by atoms with Crippen LogP contribution in [0.4, 0.5) is 0 Å². The molecular weight excluding hydrogens is 302 g/mol. The Balaban J connectivity index is 2.22. The topological polar surface area (TPSA) is 59.3 Å². The van der Waals surface area contributed by atoms with Gasteiger partial charge in [0.05, 0.1) is 13.7 Å². The smallest absolute Gasteiger partial charge is 0.203 e. The Morgan fingerprint density at radius 3 is 2.54 bits per heavy atom. The first kappa shape index (κ1) is 17.3. The van der Waals surface area contributed by atoms with Crippen molar-refractivity contribution in [2.75, 3.05) is 13.7 Å². The number of carbonyl (C=O) groups excluding carboxylic acids is 1. The zero-order chi connectivity index (χ0) is 17.4. The molecule has 0 atom stereocenters. The van der Waals surface area contributed by atoms with Gasteiger partial charge in [0.1, 0.15) is 23.1 Å². The molecule has 0 aliphatic heterocycles. The van der Waals surface area contributed by atoms with Crippen LogP contribution in [0.1, 0.15) is 29.3 Å². The predicted octanol–water partition coefficient (Wildman–Crippen LogP) is 4.27. The summed E-state index contributed by atoms with van der Waals surface area (Å²) in [6, 6.07) is 16.0. The molecule has 0 fully saturated rings. The molecule has 0 aliphatic carbocycles. The summed E-state index contributed by atoms with van der Waals surface area (Å²) in [7, 11) is 1.53. The van der Waals surface area contributed by atoms with Gasteiger partial charge < -0.3 is 9.47 Å². The maximum Gasteiger partial charge on any atom is 0.203 e. The second kappa shape index (κ2) is 8.54. The van der Waals surface area contributed by atoms with Crippen LogP contribution in [0.3, 0.4) is 0 Å². The molecule has 0 radical (unpaired) electrons. The van der Waals surface area contributed by atoms with Gasteiger partial charge in [-0.25, -0.2) is 0 Å². The molecule has 0 bridgehead atoms. The van der Waals surface area contributed by atoms with Crippen LogP contribution in [0.2, 0.25) is 0 Å². The minimum absolute atomic E-state index is 0.0745. The molecule has 4 nitrogen and oxygen atoms in total. The maximum atomic E-state index is 12.5. The van der Waals surface area contributed by atoms with Crippen molar-refractivity contribution in [2.24, 2.45) is 0 Å². The summed E-state index contributed by atoms with van der Waals surface area (Å²) in [5.74, 6) is 1.02. The normalized spacial score (nSPS) is 10.8. The fraction of sp³-hybridized carbons (Fsp3) is 0.200. The van der Waals surface area contributed by atoms with Gasteiger partial charge in [0.2, 0.25) is 5.78 Å². The number of hydrogen-bond acceptors (Lipinski definition) is 4. The third-order valence-electron chi connectivity index (χ3n) is 3.36. The Hall–Kier alpha value is -3.06. The number of ketones is 1. The monoisotopic (exact) mass is 321 g/mol. The van der Waals surface area contributed by atoms with Gasteiger partial charge in [-0.1, -0.05) is 31.2 Å². The van der Waals surface area contributed by atoms with Crippen LogP contribution in [0.25, 0.3) is 6.08 Å². The van der Waals surface area contributed by atoms with Gasteiger partial charge in [-0.3, -0.25) is 4.79 Å². The van der Waals surface area contributed by atoms with E-state index < -0.39 is 0 Å². The molecule has 2 aromatic carbocycles. The van der Waals surface area contributed by atoms with E-state index in [9.17, 15) is 10.1 Å². The summed E-state index contributed by atoms with van der Waals surface area (Å²) in [6.07, 6.45) is 2.51. The number of benzene rings is 2. The average molecular weight is 321 g/mol. The largest absolute Gasteiger partial charge is 0.497 e. The first-order valence-corrected chi connectivity index (χ1v) is 7.71. The van der Waals surface area contributed by atoms with Crippen LogP contribution in [-0.4, -0.2) is 19.5 Å². The van der Waals surface area contributed by atoms with Crippen molar-refractivity contribution in [3.63, 3.8) is 0 Å². The highest BCUT2D eigenvalue weighted by Crippen LogP contribution is 2.19. The molecule has 2 aromatic rings. The Labute approximate surface area is 141 Å². The Kier molecular flexibility index (Phi) is 6.16. The molecule has 0 spiro atoms. The van der Waals surface area contributed by atoms with Crippen molar-refractivity contribution in [3.8, 4) is 17.6 Å². The summed E-state index contributed by atoms with van der Waals surface area (Å²) >= 11 is 0. The minimum atomic E-state index is -0.331. The number of hydrogen-bond donors (Lipinski definition) is 0. The van der Waals surface area contributed by atoms with Crippen LogP contribution < -0.4 is 9.47 Å². The van der Waals surface area contributed by atoms with E-state index in [2.05, 4.69) is 0 Å². The first-order valence-electron chi connectivity index (χ1n) is 7.71. The number of methoxy groups -OCH3 is 1. The van der Waals surface area contributed by atoms with Crippen LogP contribution in [0.5, 0.6) is 11.5 Å². The van der Waals surface area contributed by atoms with E-state index in [1.165, 1.54) is 7.11 Å². The standard InChI is InChI=1S/C20H19NO3/c1-3-11-24-18-9-7-15(8-10-18)12-17(14-21)20(22)16-5-4-6-19(13-16)23-2/h4-10,12-13H,3,11H2,1-2H3/b17-12+. The quantitative estimate of drug-likeness (QED) is 0.434. The Bertz CT molecular complexity index is 770. The Morgan fingerprint density at radius 2 is 1.92 bits per heavy atom. The highest BCUT2D eigenvalue weighted by Gasteiger charge is 2.13. The van der Waals surface area contributed by atoms with Crippen LogP contribution in [0.15, 0.2) is 54.1 Å². The third kappa shape index (κ3) is 4.47. The van der Waals surface area contributed by atoms with Gasteiger partial charge in [0.15, 0.2) is 0 Å². The van der Waals surface area contributed by atoms with E-state index in [0.29, 0.717) is 17.9 Å². The van der Waals surface area contributed by atoms with Gasteiger partial charge in [-0.05, 0) is 42.3 Å². The zero-order valence-corrected chi connectivity index (χ0v) is 13.8. The Morgan fingerprint density at radius 1 is 1.17 bits per heavy atom. The van der Waals surface area contributed by atoms with Gasteiger partial charge in [-0.15, -0.1) is 0 Å². The lowest BCUT2D eigenvalue weighted by Crippen LogP contribution is -2.02. The van der Waals surface area contributed by atoms with E-state index in [0.717, 1.165) is 17.7 Å². The van der Waals surface area contributed by atoms with Crippen molar-refractivity contribution in [1.29, 1.82) is 5.26 Å². The molecule has 0 heterocycles. The minimum Gasteiger partial charge on any atom is -0.497 e. The molecular formula is C20H19NO3. The maximum absolute atomic E-state index is 12.5. The van der Waals surface area contributed by atoms with Gasteiger partial charge >= 0.3 is 0 Å². The zero-order valence-electron chi connectivity index (χ0n) is 13.8. The number of carbonyl (C=O) groups is 1. The van der Waals surface area contributed by atoms with Crippen molar-refractivity contribution < 1.29 is 14.3 Å². The molecule has 0 saturated heterocycles. The molecule has 0 amide bonds. The second-order valence-corrected chi connectivity index (χ2v) is 5.15. The summed E-state index contributed by atoms with van der Waals surface area (Å²) in [5, 5.41) is 9.32. The summed E-state index contributed by atoms with van der Waals surface area (Å²) in [4.78, 5) is 12.5. The van der Waals surface area contributed by atoms with Crippen molar-refractivity contribution >= 4 is 11.9 Å². The highest BCUT2D eigenvalue weighted by molar-refractivity contribution is 6.14. The number of nitrogens with zero attached hydrogens (tertiary/aromatic N) is 1. The van der Waals surface area contributed by atoms with E-state index in [1.807, 2.05) is 37.3 Å². The lowest BCUT2D eigenvalue weighted by Gasteiger charge is -2.05. The van der Waals surface area contributed by atoms with Crippen LogP contribution >= 0.6 is 0 Å². The van der Waals surface area contributed by atoms with Gasteiger partial charge in [0, 0.05) is 5.56 Å². The van der Waals surface area contributed by atoms with Crippen LogP contribution in [0, 0.1) is 11.3 Å². The van der Waals surface area contributed by atoms with E-state index in [4.69, 9.17) is 9.47 Å². The molecule has 0 aliphatic rings. The van der Waals surface area contributed by atoms with E-state index in [-0.39, 0.29) is 11.4 Å². The van der Waals surface area contributed by atoms with Gasteiger partial charge in [0.25, 0.3) is 0 Å². The summed E-state index contributed by atoms with van der Waals surface area (Å²) in [5.41, 5.74) is 1.27. The van der Waals surface area contributed by atoms with Gasteiger partial charge in [-0.2, -0.15) is 5.26 Å². The molecule has 0 aromatic heterocycles. The fourth-order valence-corrected chi connectivity index (χ4v) is 2.12. The number of Topliss-reactive ketones (excluding diaryl/α,β-unsaturated/α-hetero) is 1. The lowest BCUT2D eigenvalue weighted by molar-refractivity contribution is 0.103. The second-order valence-electron chi connectivity index (χ2n) is 5.15. The van der Waals surface area contributed by atoms with Crippen molar-refractivity contribution in [2.45, 2.75) is 13.3 Å². The molecule has 0 N–H and O–H groups in total. The van der Waals surface area contributed by atoms with Crippen LogP contribution in [-0.2, 0) is 0 Å². The SMILES string of the molecule is CCCOc1ccc(/C=C(\C#N)C(=O)c2cccc(OC)c2)cc1. The molecule has 2 rings (SSSR count). The fourth-order valence-electron chi connectivity index (χ4n) is 2.12. The summed E-state index contributed by atoms with van der Waals surface area (Å²) < 4.78 is 10.6. The van der Waals surface area contributed by atoms with E-state index in [1.54, 1.807) is 30.3 Å². The first-order chi connectivity index (χ1) is 11.7. The molecule has 24 heavy (non-hydrogen) atoms. The lowest BCUT2D eigenvalue weighted by atomic mass is 10.0. The van der Waals surface area contributed by atoms with Crippen molar-refractivity contribution in [1.82, 2.24) is 0 Å². The number of rotatable bonds is 7.